The Bertz CT molecular complexity index is 582. The van der Waals surface area contributed by atoms with E-state index < -0.39 is 11.0 Å². The zero-order chi connectivity index (χ0) is 15.6. The summed E-state index contributed by atoms with van der Waals surface area (Å²) >= 11 is 0. The monoisotopic (exact) mass is 290 g/mol. The molecule has 7 nitrogen and oxygen atoms in total. The lowest BCUT2D eigenvalue weighted by Crippen LogP contribution is -2.37. The normalized spacial score (nSPS) is 21.6. The van der Waals surface area contributed by atoms with Gasteiger partial charge in [0.05, 0.1) is 22.7 Å². The van der Waals surface area contributed by atoms with Crippen LogP contribution in [0.15, 0.2) is 18.2 Å². The summed E-state index contributed by atoms with van der Waals surface area (Å²) in [5, 5.41) is 30.0. The van der Waals surface area contributed by atoms with Crippen LogP contribution in [0.4, 0.5) is 11.4 Å². The highest BCUT2D eigenvalue weighted by Crippen LogP contribution is 2.34. The van der Waals surface area contributed by atoms with Gasteiger partial charge in [-0.1, -0.05) is 0 Å². The summed E-state index contributed by atoms with van der Waals surface area (Å²) in [6, 6.07) is 6.38. The van der Waals surface area contributed by atoms with Gasteiger partial charge < -0.3 is 14.9 Å². The van der Waals surface area contributed by atoms with Crippen molar-refractivity contribution in [1.82, 2.24) is 4.90 Å². The molecular weight excluding hydrogens is 272 g/mol. The largest absolute Gasteiger partial charge is 0.391 e. The minimum atomic E-state index is -0.495. The molecule has 0 radical (unpaired) electrons. The Morgan fingerprint density at radius 3 is 2.86 bits per heavy atom. The molecule has 21 heavy (non-hydrogen) atoms. The van der Waals surface area contributed by atoms with Crippen molar-refractivity contribution in [2.24, 2.45) is 0 Å². The molecule has 1 aromatic rings. The van der Waals surface area contributed by atoms with E-state index in [9.17, 15) is 15.2 Å². The first-order valence-corrected chi connectivity index (χ1v) is 6.70. The van der Waals surface area contributed by atoms with Crippen LogP contribution in [0.1, 0.15) is 12.0 Å². The van der Waals surface area contributed by atoms with Gasteiger partial charge in [-0.2, -0.15) is 5.26 Å². The second kappa shape index (κ2) is 6.08. The van der Waals surface area contributed by atoms with Crippen molar-refractivity contribution >= 4 is 11.4 Å². The third kappa shape index (κ3) is 3.29. The van der Waals surface area contributed by atoms with Crippen molar-refractivity contribution in [2.45, 2.75) is 18.6 Å². The Morgan fingerprint density at radius 1 is 1.57 bits per heavy atom. The molecule has 2 atom stereocenters. The molecule has 0 spiro atoms. The molecule has 2 unspecified atom stereocenters. The Labute approximate surface area is 123 Å². The predicted octanol–water partition coefficient (Wildman–Crippen LogP) is 0.968. The van der Waals surface area contributed by atoms with E-state index in [1.54, 1.807) is 12.1 Å². The number of aliphatic hydroxyl groups is 1. The lowest BCUT2D eigenvalue weighted by molar-refractivity contribution is -0.384. The van der Waals surface area contributed by atoms with E-state index >= 15 is 0 Å². The SMILES string of the molecule is CN(C)CC1CC(O)CN1c1ccc(C#N)cc1[N+](=O)[O-]. The van der Waals surface area contributed by atoms with E-state index in [4.69, 9.17) is 5.26 Å². The molecule has 0 bridgehead atoms. The number of hydrogen-bond acceptors (Lipinski definition) is 6. The molecule has 1 aliphatic heterocycles. The Kier molecular flexibility index (Phi) is 4.40. The van der Waals surface area contributed by atoms with Crippen molar-refractivity contribution in [1.29, 1.82) is 5.26 Å². The minimum Gasteiger partial charge on any atom is -0.391 e. The number of hydrogen-bond donors (Lipinski definition) is 1. The highest BCUT2D eigenvalue weighted by Gasteiger charge is 2.34. The lowest BCUT2D eigenvalue weighted by atomic mass is 10.1. The van der Waals surface area contributed by atoms with Crippen LogP contribution in [-0.2, 0) is 0 Å². The molecular formula is C14H18N4O3. The van der Waals surface area contributed by atoms with Gasteiger partial charge in [0.25, 0.3) is 5.69 Å². The first-order valence-electron chi connectivity index (χ1n) is 6.70. The molecule has 1 fully saturated rings. The number of aliphatic hydroxyl groups excluding tert-OH is 1. The molecule has 0 aromatic heterocycles. The maximum atomic E-state index is 11.3. The van der Waals surface area contributed by atoms with Crippen molar-refractivity contribution in [2.75, 3.05) is 32.1 Å². The van der Waals surface area contributed by atoms with E-state index in [1.807, 2.05) is 30.0 Å². The molecule has 1 aliphatic rings. The van der Waals surface area contributed by atoms with Crippen molar-refractivity contribution in [3.8, 4) is 6.07 Å². The van der Waals surface area contributed by atoms with Crippen LogP contribution in [0.5, 0.6) is 0 Å². The number of nitriles is 1. The summed E-state index contributed by atoms with van der Waals surface area (Å²) in [5.74, 6) is 0. The summed E-state index contributed by atoms with van der Waals surface area (Å²) in [6.07, 6.45) is 0.0835. The lowest BCUT2D eigenvalue weighted by Gasteiger charge is -2.28. The topological polar surface area (TPSA) is 93.6 Å². The minimum absolute atomic E-state index is 0.0154. The fourth-order valence-electron chi connectivity index (χ4n) is 2.76. The van der Waals surface area contributed by atoms with Crippen LogP contribution in [0.2, 0.25) is 0 Å². The molecule has 0 saturated carbocycles. The third-order valence-corrected chi connectivity index (χ3v) is 3.58. The van der Waals surface area contributed by atoms with E-state index in [1.165, 1.54) is 6.07 Å². The quantitative estimate of drug-likeness (QED) is 0.656. The number of nitro benzene ring substituents is 1. The predicted molar refractivity (Wildman–Crippen MR) is 78.1 cm³/mol. The van der Waals surface area contributed by atoms with Crippen LogP contribution in [0.3, 0.4) is 0 Å². The molecule has 112 valence electrons. The first-order chi connectivity index (χ1) is 9.92. The van der Waals surface area contributed by atoms with Gasteiger partial charge in [-0.25, -0.2) is 0 Å². The second-order valence-corrected chi connectivity index (χ2v) is 5.53. The molecule has 1 N–H and O–H groups in total. The third-order valence-electron chi connectivity index (χ3n) is 3.58. The Morgan fingerprint density at radius 2 is 2.29 bits per heavy atom. The van der Waals surface area contributed by atoms with Crippen molar-refractivity contribution in [3.63, 3.8) is 0 Å². The molecule has 1 heterocycles. The fraction of sp³-hybridized carbons (Fsp3) is 0.500. The van der Waals surface area contributed by atoms with Crippen LogP contribution >= 0.6 is 0 Å². The number of rotatable bonds is 4. The molecule has 1 saturated heterocycles. The zero-order valence-electron chi connectivity index (χ0n) is 12.1. The van der Waals surface area contributed by atoms with Crippen molar-refractivity contribution < 1.29 is 10.0 Å². The number of anilines is 1. The number of nitro groups is 1. The number of likely N-dealkylation sites (N-methyl/N-ethyl adjacent to an activating group) is 1. The summed E-state index contributed by atoms with van der Waals surface area (Å²) < 4.78 is 0. The van der Waals surface area contributed by atoms with Gasteiger partial charge in [-0.05, 0) is 32.6 Å². The average Bonchev–Trinajstić information content (AvgIpc) is 2.77. The van der Waals surface area contributed by atoms with E-state index in [-0.39, 0.29) is 17.3 Å². The Balaban J connectivity index is 2.39. The summed E-state index contributed by atoms with van der Waals surface area (Å²) in [4.78, 5) is 14.6. The number of benzene rings is 1. The molecule has 2 rings (SSSR count). The van der Waals surface area contributed by atoms with Crippen LogP contribution in [0, 0.1) is 21.4 Å². The molecule has 0 aliphatic carbocycles. The van der Waals surface area contributed by atoms with Crippen LogP contribution in [0.25, 0.3) is 0 Å². The molecule has 0 amide bonds. The highest BCUT2D eigenvalue weighted by molar-refractivity contribution is 5.66. The number of β-amino-alcohol motifs (C(OH)–C–C–N with tert-alkyl or cyclic N) is 1. The fourth-order valence-corrected chi connectivity index (χ4v) is 2.76. The molecule has 7 heteroatoms. The summed E-state index contributed by atoms with van der Waals surface area (Å²) in [6.45, 7) is 1.07. The van der Waals surface area contributed by atoms with Gasteiger partial charge >= 0.3 is 0 Å². The van der Waals surface area contributed by atoms with Crippen LogP contribution in [-0.4, -0.2) is 54.3 Å². The van der Waals surface area contributed by atoms with E-state index in [0.717, 1.165) is 0 Å². The van der Waals surface area contributed by atoms with Gasteiger partial charge in [0.15, 0.2) is 0 Å². The van der Waals surface area contributed by atoms with Crippen molar-refractivity contribution in [3.05, 3.63) is 33.9 Å². The smallest absolute Gasteiger partial charge is 0.293 e. The maximum absolute atomic E-state index is 11.3. The highest BCUT2D eigenvalue weighted by atomic mass is 16.6. The number of nitrogens with zero attached hydrogens (tertiary/aromatic N) is 4. The summed E-state index contributed by atoms with van der Waals surface area (Å²) in [5.41, 5.74) is 0.628. The Hall–Kier alpha value is -2.17. The first kappa shape index (κ1) is 15.2. The standard InChI is InChI=1S/C14H18N4O3/c1-16(2)8-11-6-12(19)9-17(11)13-4-3-10(7-15)5-14(13)18(20)21/h3-5,11-12,19H,6,8-9H2,1-2H3. The maximum Gasteiger partial charge on any atom is 0.293 e. The average molecular weight is 290 g/mol. The van der Waals surface area contributed by atoms with Gasteiger partial charge in [0.1, 0.15) is 5.69 Å². The van der Waals surface area contributed by atoms with E-state index in [2.05, 4.69) is 0 Å². The van der Waals surface area contributed by atoms with Gasteiger partial charge in [-0.3, -0.25) is 10.1 Å². The summed E-state index contributed by atoms with van der Waals surface area (Å²) in [7, 11) is 3.85. The zero-order valence-corrected chi connectivity index (χ0v) is 12.1. The second-order valence-electron chi connectivity index (χ2n) is 5.53. The van der Waals surface area contributed by atoms with E-state index in [0.29, 0.717) is 25.2 Å². The van der Waals surface area contributed by atoms with Gasteiger partial charge in [0.2, 0.25) is 0 Å². The van der Waals surface area contributed by atoms with Gasteiger partial charge in [-0.15, -0.1) is 0 Å². The van der Waals surface area contributed by atoms with Crippen LogP contribution < -0.4 is 4.90 Å². The van der Waals surface area contributed by atoms with Gasteiger partial charge in [0, 0.05) is 25.2 Å². The molecule has 1 aromatic carbocycles.